The van der Waals surface area contributed by atoms with E-state index in [1.165, 1.54) is 37.4 Å². The molecule has 1 fully saturated rings. The molecule has 4 rings (SSSR count). The fraction of sp³-hybridized carbons (Fsp3) is 0.312. The predicted octanol–water partition coefficient (Wildman–Crippen LogP) is 10.7. The second kappa shape index (κ2) is 15.7. The molecule has 1 amide bonds. The lowest BCUT2D eigenvalue weighted by Crippen LogP contribution is -2.28. The first-order valence-electron chi connectivity index (χ1n) is 13.8. The summed E-state index contributed by atoms with van der Waals surface area (Å²) >= 11 is 17.2. The van der Waals surface area contributed by atoms with Gasteiger partial charge in [-0.2, -0.15) is 0 Å². The Morgan fingerprint density at radius 1 is 0.902 bits per heavy atom. The number of ether oxygens (including phenoxy) is 2. The largest absolute Gasteiger partial charge is 0.490 e. The molecule has 1 saturated heterocycles. The average Bonchev–Trinajstić information content (AvgIpc) is 3.25. The van der Waals surface area contributed by atoms with Crippen LogP contribution in [0.1, 0.15) is 57.9 Å². The van der Waals surface area contributed by atoms with E-state index in [-0.39, 0.29) is 5.91 Å². The molecule has 0 atom stereocenters. The minimum absolute atomic E-state index is 0.178. The van der Waals surface area contributed by atoms with E-state index < -0.39 is 0 Å². The van der Waals surface area contributed by atoms with Crippen molar-refractivity contribution in [2.75, 3.05) is 18.1 Å². The van der Waals surface area contributed by atoms with Gasteiger partial charge in [0.25, 0.3) is 5.91 Å². The molecule has 3 aromatic rings. The van der Waals surface area contributed by atoms with Crippen molar-refractivity contribution in [1.82, 2.24) is 0 Å². The third-order valence-electron chi connectivity index (χ3n) is 6.32. The molecule has 41 heavy (non-hydrogen) atoms. The molecule has 1 aliphatic heterocycles. The number of hydrogen-bond acceptors (Lipinski definition) is 5. The van der Waals surface area contributed by atoms with Gasteiger partial charge in [-0.15, -0.1) is 0 Å². The zero-order chi connectivity index (χ0) is 29.2. The van der Waals surface area contributed by atoms with Crippen molar-refractivity contribution < 1.29 is 14.3 Å². The maximum atomic E-state index is 13.7. The summed E-state index contributed by atoms with van der Waals surface area (Å²) in [6.07, 6.45) is 9.01. The molecule has 0 saturated carbocycles. The van der Waals surface area contributed by atoms with Crippen molar-refractivity contribution in [1.29, 1.82) is 0 Å². The number of nitrogens with zero attached hydrogens (tertiary/aromatic N) is 2. The van der Waals surface area contributed by atoms with Crippen LogP contribution in [0.25, 0.3) is 6.08 Å². The van der Waals surface area contributed by atoms with Gasteiger partial charge in [-0.25, -0.2) is 4.99 Å². The van der Waals surface area contributed by atoms with Gasteiger partial charge in [-0.3, -0.25) is 9.69 Å². The maximum Gasteiger partial charge on any atom is 0.271 e. The van der Waals surface area contributed by atoms with E-state index in [9.17, 15) is 4.79 Å². The summed E-state index contributed by atoms with van der Waals surface area (Å²) in [6, 6.07) is 18.2. The van der Waals surface area contributed by atoms with Gasteiger partial charge in [-0.1, -0.05) is 62.2 Å². The Morgan fingerprint density at radius 2 is 1.56 bits per heavy atom. The quantitative estimate of drug-likeness (QED) is 0.134. The number of thioether (sulfide) groups is 1. The van der Waals surface area contributed by atoms with Crippen LogP contribution in [0, 0.1) is 0 Å². The van der Waals surface area contributed by atoms with Crippen LogP contribution in [0.2, 0.25) is 10.0 Å². The Bertz CT molecular complexity index is 1400. The van der Waals surface area contributed by atoms with Gasteiger partial charge in [0.2, 0.25) is 0 Å². The fourth-order valence-electron chi connectivity index (χ4n) is 4.27. The number of hydrogen-bond donors (Lipinski definition) is 0. The van der Waals surface area contributed by atoms with Crippen LogP contribution in [0.4, 0.5) is 11.4 Å². The van der Waals surface area contributed by atoms with Crippen molar-refractivity contribution in [2.24, 2.45) is 4.99 Å². The number of carbonyl (C=O) groups excluding carboxylic acids is 1. The van der Waals surface area contributed by atoms with Gasteiger partial charge in [0.05, 0.1) is 34.0 Å². The number of amidine groups is 1. The zero-order valence-electron chi connectivity index (χ0n) is 23.2. The van der Waals surface area contributed by atoms with Gasteiger partial charge in [-0.05, 0) is 113 Å². The summed E-state index contributed by atoms with van der Waals surface area (Å²) in [6.45, 7) is 5.28. The smallest absolute Gasteiger partial charge is 0.271 e. The van der Waals surface area contributed by atoms with Crippen LogP contribution in [-0.4, -0.2) is 24.3 Å². The number of unbranched alkanes of at least 4 members (excludes halogenated alkanes) is 5. The second-order valence-corrected chi connectivity index (χ2v) is 12.2. The van der Waals surface area contributed by atoms with Gasteiger partial charge >= 0.3 is 0 Å². The first-order chi connectivity index (χ1) is 19.9. The molecule has 3 aromatic carbocycles. The molecule has 216 valence electrons. The highest BCUT2D eigenvalue weighted by molar-refractivity contribution is 9.10. The second-order valence-electron chi connectivity index (χ2n) is 9.48. The molecule has 0 radical (unpaired) electrons. The normalized spacial score (nSPS) is 15.2. The minimum Gasteiger partial charge on any atom is -0.490 e. The number of rotatable bonds is 13. The molecule has 1 heterocycles. The molecule has 1 aliphatic rings. The number of halogens is 3. The highest BCUT2D eigenvalue weighted by Gasteiger charge is 2.35. The van der Waals surface area contributed by atoms with Crippen LogP contribution in [0.5, 0.6) is 11.5 Å². The van der Waals surface area contributed by atoms with Gasteiger partial charge in [0.1, 0.15) is 0 Å². The summed E-state index contributed by atoms with van der Waals surface area (Å²) in [5, 5.41) is 1.75. The molecule has 5 nitrogen and oxygen atoms in total. The van der Waals surface area contributed by atoms with E-state index >= 15 is 0 Å². The predicted molar refractivity (Wildman–Crippen MR) is 177 cm³/mol. The molecule has 0 spiro atoms. The highest BCUT2D eigenvalue weighted by Crippen LogP contribution is 2.41. The van der Waals surface area contributed by atoms with E-state index in [1.54, 1.807) is 41.3 Å². The number of benzene rings is 3. The van der Waals surface area contributed by atoms with Crippen molar-refractivity contribution in [3.8, 4) is 11.5 Å². The van der Waals surface area contributed by atoms with Crippen LogP contribution in [-0.2, 0) is 4.79 Å². The van der Waals surface area contributed by atoms with E-state index in [1.807, 2.05) is 37.3 Å². The Morgan fingerprint density at radius 3 is 2.24 bits per heavy atom. The number of anilines is 1. The Kier molecular flexibility index (Phi) is 12.0. The highest BCUT2D eigenvalue weighted by atomic mass is 79.9. The third-order valence-corrected chi connectivity index (χ3v) is 8.38. The van der Waals surface area contributed by atoms with Gasteiger partial charge in [0, 0.05) is 10.0 Å². The van der Waals surface area contributed by atoms with Crippen molar-refractivity contribution in [3.05, 3.63) is 85.7 Å². The first-order valence-corrected chi connectivity index (χ1v) is 16.2. The molecular weight excluding hydrogens is 643 g/mol. The lowest BCUT2D eigenvalue weighted by molar-refractivity contribution is -0.113. The van der Waals surface area contributed by atoms with E-state index in [4.69, 9.17) is 37.7 Å². The fourth-order valence-corrected chi connectivity index (χ4v) is 6.10. The summed E-state index contributed by atoms with van der Waals surface area (Å²) in [5.41, 5.74) is 2.18. The molecule has 9 heteroatoms. The molecule has 0 aliphatic carbocycles. The zero-order valence-corrected chi connectivity index (χ0v) is 27.1. The summed E-state index contributed by atoms with van der Waals surface area (Å²) in [7, 11) is 0. The Labute approximate surface area is 265 Å². The number of aliphatic imine (C=N–C) groups is 1. The summed E-state index contributed by atoms with van der Waals surface area (Å²) in [4.78, 5) is 20.6. The van der Waals surface area contributed by atoms with Crippen molar-refractivity contribution >= 4 is 79.4 Å². The molecule has 0 bridgehead atoms. The third kappa shape index (κ3) is 8.77. The molecule has 0 N–H and O–H groups in total. The SMILES string of the molecule is CCCCCCCCOc1c(Br)cc(/C=C2/SC(=Nc3ccc(Cl)cc3)N(c3ccc(Cl)cc3)C2=O)cc1OCC. The number of carbonyl (C=O) groups is 1. The van der Waals surface area contributed by atoms with Gasteiger partial charge in [0.15, 0.2) is 16.7 Å². The average molecular weight is 677 g/mol. The first kappa shape index (κ1) is 31.5. The van der Waals surface area contributed by atoms with Crippen LogP contribution in [0.15, 0.2) is 75.0 Å². The van der Waals surface area contributed by atoms with Crippen molar-refractivity contribution in [3.63, 3.8) is 0 Å². The maximum absolute atomic E-state index is 13.7. The summed E-state index contributed by atoms with van der Waals surface area (Å²) in [5.74, 6) is 1.14. The van der Waals surface area contributed by atoms with Crippen LogP contribution >= 0.6 is 50.9 Å². The molecule has 0 unspecified atom stereocenters. The monoisotopic (exact) mass is 674 g/mol. The van der Waals surface area contributed by atoms with E-state index in [2.05, 4.69) is 22.9 Å². The van der Waals surface area contributed by atoms with Crippen molar-refractivity contribution in [2.45, 2.75) is 52.4 Å². The lowest BCUT2D eigenvalue weighted by Gasteiger charge is -2.16. The van der Waals surface area contributed by atoms with Crippen LogP contribution < -0.4 is 14.4 Å². The minimum atomic E-state index is -0.178. The van der Waals surface area contributed by atoms with Crippen LogP contribution in [0.3, 0.4) is 0 Å². The van der Waals surface area contributed by atoms with E-state index in [0.717, 1.165) is 22.9 Å². The Balaban J connectivity index is 1.60. The lowest BCUT2D eigenvalue weighted by atomic mass is 10.1. The standard InChI is InChI=1S/C32H33BrCl2N2O3S/c1-3-5-6-7-8-9-18-40-30-27(33)19-22(20-28(30)39-4-2)21-29-31(38)37(26-16-12-24(35)13-17-26)32(41-29)36-25-14-10-23(34)11-15-25/h10-17,19-21H,3-9,18H2,1-2H3/b29-21+,36-32?. The van der Waals surface area contributed by atoms with E-state index in [0.29, 0.717) is 56.2 Å². The summed E-state index contributed by atoms with van der Waals surface area (Å²) < 4.78 is 12.9. The Hall–Kier alpha value is -2.45. The molecular formula is C32H33BrCl2N2O3S. The topological polar surface area (TPSA) is 51.1 Å². The molecule has 0 aromatic heterocycles. The van der Waals surface area contributed by atoms with Gasteiger partial charge < -0.3 is 9.47 Å². The number of amides is 1.